The molecule has 0 bridgehead atoms. The zero-order valence-corrected chi connectivity index (χ0v) is 7.65. The Morgan fingerprint density at radius 1 is 1.36 bits per heavy atom. The highest BCUT2D eigenvalue weighted by molar-refractivity contribution is 6.33. The SMILES string of the molecule is C/C(=C/Cl)c1ccccc1Cl. The summed E-state index contributed by atoms with van der Waals surface area (Å²) in [6.45, 7) is 1.92. The molecule has 0 fully saturated rings. The lowest BCUT2D eigenvalue weighted by molar-refractivity contribution is 1.58. The largest absolute Gasteiger partial charge is 0.0926 e. The molecule has 0 aliphatic carbocycles. The molecule has 0 nitrogen and oxygen atoms in total. The molecule has 0 heterocycles. The van der Waals surface area contributed by atoms with Crippen LogP contribution >= 0.6 is 23.2 Å². The maximum Gasteiger partial charge on any atom is 0.0481 e. The lowest BCUT2D eigenvalue weighted by Gasteiger charge is -2.01. The fourth-order valence-electron chi connectivity index (χ4n) is 0.840. The average molecular weight is 187 g/mol. The molecule has 0 unspecified atom stereocenters. The van der Waals surface area contributed by atoms with E-state index in [1.807, 2.05) is 31.2 Å². The highest BCUT2D eigenvalue weighted by Crippen LogP contribution is 2.23. The van der Waals surface area contributed by atoms with Gasteiger partial charge in [0.15, 0.2) is 0 Å². The van der Waals surface area contributed by atoms with Crippen LogP contribution in [0.1, 0.15) is 12.5 Å². The first-order valence-corrected chi connectivity index (χ1v) is 4.09. The van der Waals surface area contributed by atoms with Crippen molar-refractivity contribution < 1.29 is 0 Å². The van der Waals surface area contributed by atoms with Crippen LogP contribution in [0.2, 0.25) is 5.02 Å². The smallest absolute Gasteiger partial charge is 0.0481 e. The van der Waals surface area contributed by atoms with Crippen LogP contribution in [0.5, 0.6) is 0 Å². The Balaban J connectivity index is 3.14. The summed E-state index contributed by atoms with van der Waals surface area (Å²) < 4.78 is 0. The van der Waals surface area contributed by atoms with Crippen molar-refractivity contribution in [2.24, 2.45) is 0 Å². The number of halogens is 2. The van der Waals surface area contributed by atoms with Crippen molar-refractivity contribution in [3.63, 3.8) is 0 Å². The molecule has 0 amide bonds. The van der Waals surface area contributed by atoms with Crippen LogP contribution in [0.4, 0.5) is 0 Å². The molecule has 0 atom stereocenters. The molecular formula is C9H8Cl2. The fourth-order valence-corrected chi connectivity index (χ4v) is 1.24. The maximum atomic E-state index is 5.90. The Kier molecular flexibility index (Phi) is 2.98. The number of rotatable bonds is 1. The maximum absolute atomic E-state index is 5.90. The quantitative estimate of drug-likeness (QED) is 0.624. The third kappa shape index (κ3) is 1.98. The molecule has 0 saturated heterocycles. The van der Waals surface area contributed by atoms with Crippen molar-refractivity contribution >= 4 is 28.8 Å². The Morgan fingerprint density at radius 2 is 2.00 bits per heavy atom. The monoisotopic (exact) mass is 186 g/mol. The van der Waals surface area contributed by atoms with Gasteiger partial charge in [0, 0.05) is 10.6 Å². The van der Waals surface area contributed by atoms with Gasteiger partial charge in [-0.05, 0) is 24.1 Å². The van der Waals surface area contributed by atoms with Crippen molar-refractivity contribution in [3.05, 3.63) is 40.4 Å². The van der Waals surface area contributed by atoms with E-state index in [9.17, 15) is 0 Å². The van der Waals surface area contributed by atoms with E-state index >= 15 is 0 Å². The van der Waals surface area contributed by atoms with Gasteiger partial charge in [0.1, 0.15) is 0 Å². The Morgan fingerprint density at radius 3 is 2.55 bits per heavy atom. The molecule has 1 rings (SSSR count). The van der Waals surface area contributed by atoms with E-state index in [1.165, 1.54) is 5.54 Å². The van der Waals surface area contributed by atoms with Crippen LogP contribution in [0, 0.1) is 0 Å². The van der Waals surface area contributed by atoms with Gasteiger partial charge in [-0.1, -0.05) is 41.4 Å². The second kappa shape index (κ2) is 3.80. The minimum absolute atomic E-state index is 0.738. The molecule has 11 heavy (non-hydrogen) atoms. The van der Waals surface area contributed by atoms with Gasteiger partial charge in [-0.25, -0.2) is 0 Å². The number of benzene rings is 1. The first-order chi connectivity index (χ1) is 5.25. The first kappa shape index (κ1) is 8.63. The summed E-state index contributed by atoms with van der Waals surface area (Å²) >= 11 is 11.4. The molecule has 58 valence electrons. The normalized spacial score (nSPS) is 11.7. The molecular weight excluding hydrogens is 179 g/mol. The predicted molar refractivity (Wildman–Crippen MR) is 51.0 cm³/mol. The van der Waals surface area contributed by atoms with Gasteiger partial charge in [-0.2, -0.15) is 0 Å². The molecule has 0 radical (unpaired) electrons. The number of hydrogen-bond donors (Lipinski definition) is 0. The fraction of sp³-hybridized carbons (Fsp3) is 0.111. The Labute approximate surface area is 76.4 Å². The van der Waals surface area contributed by atoms with Crippen molar-refractivity contribution in [3.8, 4) is 0 Å². The van der Waals surface area contributed by atoms with Crippen molar-refractivity contribution in [1.29, 1.82) is 0 Å². The minimum atomic E-state index is 0.738. The van der Waals surface area contributed by atoms with Gasteiger partial charge >= 0.3 is 0 Å². The van der Waals surface area contributed by atoms with Crippen LogP contribution in [0.15, 0.2) is 29.8 Å². The van der Waals surface area contributed by atoms with Gasteiger partial charge < -0.3 is 0 Å². The van der Waals surface area contributed by atoms with E-state index in [0.717, 1.165) is 16.2 Å². The predicted octanol–water partition coefficient (Wildman–Crippen LogP) is 3.94. The summed E-state index contributed by atoms with van der Waals surface area (Å²) in [5.41, 5.74) is 3.50. The molecule has 0 aliphatic heterocycles. The highest BCUT2D eigenvalue weighted by atomic mass is 35.5. The van der Waals surface area contributed by atoms with Crippen molar-refractivity contribution in [2.45, 2.75) is 6.92 Å². The zero-order chi connectivity index (χ0) is 8.27. The molecule has 2 heteroatoms. The van der Waals surface area contributed by atoms with Gasteiger partial charge in [0.05, 0.1) is 0 Å². The minimum Gasteiger partial charge on any atom is -0.0926 e. The van der Waals surface area contributed by atoms with Crippen LogP contribution in [-0.4, -0.2) is 0 Å². The topological polar surface area (TPSA) is 0 Å². The summed E-state index contributed by atoms with van der Waals surface area (Å²) in [6.07, 6.45) is 0. The van der Waals surface area contributed by atoms with Crippen LogP contribution in [0.25, 0.3) is 5.57 Å². The van der Waals surface area contributed by atoms with E-state index in [4.69, 9.17) is 23.2 Å². The third-order valence-corrected chi connectivity index (χ3v) is 2.12. The number of hydrogen-bond acceptors (Lipinski definition) is 0. The lowest BCUT2D eigenvalue weighted by atomic mass is 10.1. The van der Waals surface area contributed by atoms with Gasteiger partial charge in [0.2, 0.25) is 0 Å². The summed E-state index contributed by atoms with van der Waals surface area (Å²) in [5.74, 6) is 0. The second-order valence-electron chi connectivity index (χ2n) is 2.27. The van der Waals surface area contributed by atoms with E-state index < -0.39 is 0 Å². The van der Waals surface area contributed by atoms with Crippen LogP contribution in [0.3, 0.4) is 0 Å². The van der Waals surface area contributed by atoms with E-state index in [1.54, 1.807) is 0 Å². The highest BCUT2D eigenvalue weighted by Gasteiger charge is 1.98. The van der Waals surface area contributed by atoms with E-state index in [-0.39, 0.29) is 0 Å². The summed E-state index contributed by atoms with van der Waals surface area (Å²) in [4.78, 5) is 0. The second-order valence-corrected chi connectivity index (χ2v) is 2.90. The van der Waals surface area contributed by atoms with Crippen LogP contribution < -0.4 is 0 Å². The summed E-state index contributed by atoms with van der Waals surface area (Å²) in [6, 6.07) is 7.62. The molecule has 1 aromatic rings. The van der Waals surface area contributed by atoms with Gasteiger partial charge in [0.25, 0.3) is 0 Å². The lowest BCUT2D eigenvalue weighted by Crippen LogP contribution is -1.78. The standard InChI is InChI=1S/C9H8Cl2/c1-7(6-10)8-4-2-3-5-9(8)11/h2-6H,1H3/b7-6-. The Hall–Kier alpha value is -0.460. The molecule has 0 spiro atoms. The van der Waals surface area contributed by atoms with Crippen LogP contribution in [-0.2, 0) is 0 Å². The van der Waals surface area contributed by atoms with Crippen molar-refractivity contribution in [2.75, 3.05) is 0 Å². The number of allylic oxidation sites excluding steroid dienone is 1. The molecule has 0 saturated carbocycles. The van der Waals surface area contributed by atoms with Crippen molar-refractivity contribution in [1.82, 2.24) is 0 Å². The molecule has 0 N–H and O–H groups in total. The summed E-state index contributed by atoms with van der Waals surface area (Å²) in [7, 11) is 0. The summed E-state index contributed by atoms with van der Waals surface area (Å²) in [5, 5.41) is 0.738. The Bertz CT molecular complexity index is 277. The third-order valence-electron chi connectivity index (χ3n) is 1.46. The van der Waals surface area contributed by atoms with Gasteiger partial charge in [-0.15, -0.1) is 0 Å². The molecule has 1 aromatic carbocycles. The first-order valence-electron chi connectivity index (χ1n) is 3.27. The van der Waals surface area contributed by atoms with E-state index in [2.05, 4.69) is 0 Å². The van der Waals surface area contributed by atoms with E-state index in [0.29, 0.717) is 0 Å². The zero-order valence-electron chi connectivity index (χ0n) is 6.14. The van der Waals surface area contributed by atoms with Gasteiger partial charge in [-0.3, -0.25) is 0 Å². The molecule has 0 aromatic heterocycles. The average Bonchev–Trinajstić information content (AvgIpc) is 2.04. The molecule has 0 aliphatic rings.